The molecule has 2 aliphatic heterocycles. The van der Waals surface area contributed by atoms with E-state index >= 15 is 0 Å². The van der Waals surface area contributed by atoms with Crippen LogP contribution in [0, 0.1) is 0 Å². The fraction of sp³-hybridized carbons (Fsp3) is 0.500. The van der Waals surface area contributed by atoms with Gasteiger partial charge in [-0.3, -0.25) is 23.4 Å². The number of nitrogen functional groups attached to an aromatic ring is 1. The third-order valence-corrected chi connectivity index (χ3v) is 4.68. The van der Waals surface area contributed by atoms with Gasteiger partial charge in [0.15, 0.2) is 17.4 Å². The van der Waals surface area contributed by atoms with Crippen LogP contribution in [0.5, 0.6) is 0 Å². The first-order valence-electron chi connectivity index (χ1n) is 6.57. The summed E-state index contributed by atoms with van der Waals surface area (Å²) in [6, 6.07) is 0. The quantitative estimate of drug-likeness (QED) is 0.444. The van der Waals surface area contributed by atoms with Crippen LogP contribution in [0.4, 0.5) is 5.95 Å². The van der Waals surface area contributed by atoms with E-state index in [9.17, 15) is 19.4 Å². The summed E-state index contributed by atoms with van der Waals surface area (Å²) in [6.07, 6.45) is -2.85. The second-order valence-corrected chi connectivity index (χ2v) is 6.57. The zero-order valence-electron chi connectivity index (χ0n) is 11.4. The van der Waals surface area contributed by atoms with Gasteiger partial charge in [0.05, 0.1) is 12.9 Å². The maximum atomic E-state index is 11.8. The number of nitrogens with one attached hydrogen (secondary N) is 1. The number of aliphatic hydroxyl groups excluding tert-OH is 1. The van der Waals surface area contributed by atoms with E-state index in [2.05, 4.69) is 19.5 Å². The highest BCUT2D eigenvalue weighted by molar-refractivity contribution is 7.47. The number of anilines is 1. The number of phosphoric acid groups is 1. The van der Waals surface area contributed by atoms with E-state index in [0.717, 1.165) is 0 Å². The molecule has 2 aromatic heterocycles. The van der Waals surface area contributed by atoms with Crippen molar-refractivity contribution in [2.75, 3.05) is 12.3 Å². The van der Waals surface area contributed by atoms with Gasteiger partial charge in [-0.25, -0.2) is 9.55 Å². The number of nitrogens with two attached hydrogens (primary N) is 1. The number of aliphatic hydroxyl groups is 1. The molecule has 2 aliphatic rings. The highest BCUT2D eigenvalue weighted by Crippen LogP contribution is 2.52. The van der Waals surface area contributed by atoms with Gasteiger partial charge in [0.25, 0.3) is 5.56 Å². The number of fused-ring (bicyclic) bond motifs is 2. The summed E-state index contributed by atoms with van der Waals surface area (Å²) in [5.41, 5.74) is 5.12. The third kappa shape index (κ3) is 2.27. The molecule has 3 unspecified atom stereocenters. The van der Waals surface area contributed by atoms with Crippen molar-refractivity contribution < 1.29 is 28.3 Å². The van der Waals surface area contributed by atoms with Crippen LogP contribution < -0.4 is 11.3 Å². The Morgan fingerprint density at radius 2 is 2.30 bits per heavy atom. The summed E-state index contributed by atoms with van der Waals surface area (Å²) in [5, 5.41) is 10.4. The molecule has 5 atom stereocenters. The molecular weight excluding hydrogens is 333 g/mol. The van der Waals surface area contributed by atoms with Crippen LogP contribution in [0.15, 0.2) is 11.1 Å². The molecule has 2 saturated heterocycles. The molecule has 4 heterocycles. The Bertz CT molecular complexity index is 880. The number of imidazole rings is 1. The zero-order chi connectivity index (χ0) is 16.4. The van der Waals surface area contributed by atoms with Crippen LogP contribution in [-0.4, -0.2) is 54.4 Å². The van der Waals surface area contributed by atoms with Crippen LogP contribution in [0.25, 0.3) is 11.2 Å². The average molecular weight is 345 g/mol. The van der Waals surface area contributed by atoms with Crippen LogP contribution in [-0.2, 0) is 18.3 Å². The first kappa shape index (κ1) is 14.8. The molecule has 5 N–H and O–H groups in total. The standard InChI is InChI=1S/C10H12N5O7P/c11-10-13-7-4(8(17)14-10)12-2-15(7)9-5(16)6-3(21-9)1-20-23(18,19)22-6/h2-3,5-6,9,16H,1H2,(H,18,19)(H3,11,13,14,17)/t3-,5?,6+,9?/m1/s1. The Labute approximate surface area is 127 Å². The van der Waals surface area contributed by atoms with Crippen LogP contribution in [0.3, 0.4) is 0 Å². The minimum Gasteiger partial charge on any atom is -0.386 e. The molecule has 23 heavy (non-hydrogen) atoms. The zero-order valence-corrected chi connectivity index (χ0v) is 12.3. The third-order valence-electron chi connectivity index (χ3n) is 3.69. The van der Waals surface area contributed by atoms with E-state index in [1.54, 1.807) is 0 Å². The lowest BCUT2D eigenvalue weighted by Crippen LogP contribution is -2.39. The van der Waals surface area contributed by atoms with Gasteiger partial charge in [0.1, 0.15) is 18.3 Å². The summed E-state index contributed by atoms with van der Waals surface area (Å²) < 4.78 is 27.9. The van der Waals surface area contributed by atoms with Gasteiger partial charge < -0.3 is 20.5 Å². The Kier molecular flexibility index (Phi) is 3.10. The lowest BCUT2D eigenvalue weighted by atomic mass is 10.1. The molecule has 0 aromatic carbocycles. The number of nitrogens with zero attached hydrogens (tertiary/aromatic N) is 3. The van der Waals surface area contributed by atoms with Gasteiger partial charge in [0.2, 0.25) is 5.95 Å². The molecule has 12 nitrogen and oxygen atoms in total. The van der Waals surface area contributed by atoms with E-state index in [1.807, 2.05) is 0 Å². The monoisotopic (exact) mass is 345 g/mol. The van der Waals surface area contributed by atoms with E-state index in [0.29, 0.717) is 0 Å². The number of aromatic amines is 1. The van der Waals surface area contributed by atoms with Crippen molar-refractivity contribution >= 4 is 24.9 Å². The van der Waals surface area contributed by atoms with Gasteiger partial charge in [-0.15, -0.1) is 0 Å². The smallest absolute Gasteiger partial charge is 0.386 e. The Morgan fingerprint density at radius 3 is 3.09 bits per heavy atom. The van der Waals surface area contributed by atoms with E-state index in [1.165, 1.54) is 10.9 Å². The van der Waals surface area contributed by atoms with Crippen molar-refractivity contribution in [3.05, 3.63) is 16.7 Å². The largest absolute Gasteiger partial charge is 0.472 e. The lowest BCUT2D eigenvalue weighted by molar-refractivity contribution is -0.0664. The SMILES string of the molecule is Nc1nc2c(ncn2C2O[C@@H]3COP(=O)(O)O[C@@H]3C2O)c(=O)[nH]1. The van der Waals surface area contributed by atoms with Crippen molar-refractivity contribution in [3.8, 4) is 0 Å². The number of aromatic nitrogens is 4. The topological polar surface area (TPSA) is 175 Å². The molecule has 0 amide bonds. The molecule has 124 valence electrons. The predicted molar refractivity (Wildman–Crippen MR) is 73.1 cm³/mol. The Hall–Kier alpha value is -1.82. The Morgan fingerprint density at radius 1 is 1.52 bits per heavy atom. The maximum absolute atomic E-state index is 11.8. The summed E-state index contributed by atoms with van der Waals surface area (Å²) >= 11 is 0. The highest BCUT2D eigenvalue weighted by atomic mass is 31.2. The van der Waals surface area contributed by atoms with Crippen molar-refractivity contribution in [1.82, 2.24) is 19.5 Å². The highest BCUT2D eigenvalue weighted by Gasteiger charge is 2.52. The number of ether oxygens (including phenoxy) is 1. The van der Waals surface area contributed by atoms with Crippen molar-refractivity contribution in [2.24, 2.45) is 0 Å². The average Bonchev–Trinajstić information content (AvgIpc) is 3.00. The first-order valence-corrected chi connectivity index (χ1v) is 8.07. The van der Waals surface area contributed by atoms with Crippen molar-refractivity contribution in [1.29, 1.82) is 0 Å². The van der Waals surface area contributed by atoms with Gasteiger partial charge in [0, 0.05) is 0 Å². The molecule has 13 heteroatoms. The summed E-state index contributed by atoms with van der Waals surface area (Å²) in [7, 11) is -4.22. The number of hydrogen-bond donors (Lipinski definition) is 4. The van der Waals surface area contributed by atoms with Gasteiger partial charge >= 0.3 is 7.82 Å². The molecular formula is C10H12N5O7P. The minimum absolute atomic E-state index is 0.0230. The van der Waals surface area contributed by atoms with E-state index < -0.39 is 37.9 Å². The molecule has 2 aromatic rings. The molecule has 2 fully saturated rings. The molecule has 0 spiro atoms. The van der Waals surface area contributed by atoms with Gasteiger partial charge in [-0.2, -0.15) is 4.98 Å². The number of hydrogen-bond acceptors (Lipinski definition) is 9. The second kappa shape index (κ2) is 4.84. The first-order chi connectivity index (χ1) is 10.9. The van der Waals surface area contributed by atoms with Gasteiger partial charge in [-0.1, -0.05) is 0 Å². The summed E-state index contributed by atoms with van der Waals surface area (Å²) in [6.45, 7) is -0.214. The molecule has 0 aliphatic carbocycles. The van der Waals surface area contributed by atoms with Gasteiger partial charge in [-0.05, 0) is 0 Å². The normalized spacial score (nSPS) is 37.1. The summed E-state index contributed by atoms with van der Waals surface area (Å²) in [5.74, 6) is -0.117. The summed E-state index contributed by atoms with van der Waals surface area (Å²) in [4.78, 5) is 31.3. The molecule has 0 saturated carbocycles. The van der Waals surface area contributed by atoms with E-state index in [-0.39, 0.29) is 23.7 Å². The van der Waals surface area contributed by atoms with Crippen molar-refractivity contribution in [3.63, 3.8) is 0 Å². The van der Waals surface area contributed by atoms with Crippen molar-refractivity contribution in [2.45, 2.75) is 24.5 Å². The molecule has 0 bridgehead atoms. The fourth-order valence-electron chi connectivity index (χ4n) is 2.69. The maximum Gasteiger partial charge on any atom is 0.472 e. The number of rotatable bonds is 1. The van der Waals surface area contributed by atoms with Crippen LogP contribution in [0.2, 0.25) is 0 Å². The Balaban J connectivity index is 1.75. The molecule has 0 radical (unpaired) electrons. The predicted octanol–water partition coefficient (Wildman–Crippen LogP) is -1.52. The van der Waals surface area contributed by atoms with Crippen LogP contribution in [0.1, 0.15) is 6.23 Å². The second-order valence-electron chi connectivity index (χ2n) is 5.17. The number of H-pyrrole nitrogens is 1. The fourth-order valence-corrected chi connectivity index (χ4v) is 3.66. The molecule has 4 rings (SSSR count). The van der Waals surface area contributed by atoms with Crippen LogP contribution >= 0.6 is 7.82 Å². The lowest BCUT2D eigenvalue weighted by Gasteiger charge is -2.27. The number of phosphoric ester groups is 1. The minimum atomic E-state index is -4.22. The van der Waals surface area contributed by atoms with E-state index in [4.69, 9.17) is 15.0 Å².